The van der Waals surface area contributed by atoms with Gasteiger partial charge in [0.25, 0.3) is 0 Å². The fourth-order valence-corrected chi connectivity index (χ4v) is 4.87. The molecule has 1 radical (unpaired) electrons. The molecule has 5 nitrogen and oxygen atoms in total. The number of aliphatic hydroxyl groups excluding tert-OH is 1. The topological polar surface area (TPSA) is 72.6 Å². The summed E-state index contributed by atoms with van der Waals surface area (Å²) in [4.78, 5) is 14.7. The third-order valence-electron chi connectivity index (χ3n) is 6.51. The Bertz CT molecular complexity index is 1610. The van der Waals surface area contributed by atoms with Gasteiger partial charge in [-0.3, -0.25) is 4.79 Å². The predicted molar refractivity (Wildman–Crippen MR) is 144 cm³/mol. The second-order valence-electron chi connectivity index (χ2n) is 9.19. The Labute approximate surface area is 229 Å². The normalized spacial score (nSPS) is 13.0. The van der Waals surface area contributed by atoms with Gasteiger partial charge in [-0.25, -0.2) is 0 Å². The SMILES string of the molecule is CC(=O)/C=C(/C)O.COc1c[c-]c(-c2nccc3cc4oc5cc6c(cc5c4cc23)CCCC6)cc1.[Ir]. The number of aryl methyl sites for hydroxylation is 2. The number of carbonyl (C=O) groups is 1. The zero-order valence-electron chi connectivity index (χ0n) is 21.1. The summed E-state index contributed by atoms with van der Waals surface area (Å²) >= 11 is 0. The summed E-state index contributed by atoms with van der Waals surface area (Å²) in [7, 11) is 1.67. The molecule has 0 saturated carbocycles. The summed E-state index contributed by atoms with van der Waals surface area (Å²) in [6, 6.07) is 20.1. The third kappa shape index (κ3) is 5.61. The Morgan fingerprint density at radius 1 is 1.00 bits per heavy atom. The van der Waals surface area contributed by atoms with E-state index in [2.05, 4.69) is 35.3 Å². The van der Waals surface area contributed by atoms with E-state index < -0.39 is 0 Å². The van der Waals surface area contributed by atoms with Crippen LogP contribution in [-0.2, 0) is 37.7 Å². The zero-order chi connectivity index (χ0) is 25.2. The molecular formula is C31H28IrNO4-. The van der Waals surface area contributed by atoms with Crippen LogP contribution in [0.5, 0.6) is 5.75 Å². The standard InChI is InChI=1S/C26H20NO2.C5H8O2.Ir/c1-28-20-8-6-16(7-9-20)26-21-15-23-22-12-17-4-2-3-5-18(17)13-24(22)29-25(23)14-19(21)10-11-27-26;1-4(6)3-5(2)7;/h6,8-15H,2-5H2,1H3;3,6H,1-2H3;/q-1;;/b;4-3-;. The Morgan fingerprint density at radius 2 is 1.70 bits per heavy atom. The molecule has 2 aromatic heterocycles. The summed E-state index contributed by atoms with van der Waals surface area (Å²) < 4.78 is 11.5. The Hall–Kier alpha value is -3.47. The van der Waals surface area contributed by atoms with E-state index in [1.807, 2.05) is 30.5 Å². The molecule has 0 fully saturated rings. The van der Waals surface area contributed by atoms with Crippen molar-refractivity contribution in [2.75, 3.05) is 7.11 Å². The number of rotatable bonds is 3. The van der Waals surface area contributed by atoms with Crippen LogP contribution in [0.4, 0.5) is 0 Å². The van der Waals surface area contributed by atoms with E-state index in [0.29, 0.717) is 0 Å². The summed E-state index contributed by atoms with van der Waals surface area (Å²) in [5.74, 6) is 0.731. The van der Waals surface area contributed by atoms with Crippen LogP contribution >= 0.6 is 0 Å². The number of hydrogen-bond acceptors (Lipinski definition) is 5. The van der Waals surface area contributed by atoms with Gasteiger partial charge in [-0.15, -0.1) is 29.8 Å². The largest absolute Gasteiger partial charge is 0.540 e. The second-order valence-corrected chi connectivity index (χ2v) is 9.19. The molecule has 1 aliphatic rings. The first-order chi connectivity index (χ1) is 17.4. The monoisotopic (exact) mass is 671 g/mol. The van der Waals surface area contributed by atoms with Crippen LogP contribution < -0.4 is 4.74 Å². The van der Waals surface area contributed by atoms with Crippen LogP contribution in [-0.4, -0.2) is 23.0 Å². The molecule has 0 bridgehead atoms. The molecule has 0 spiro atoms. The van der Waals surface area contributed by atoms with Gasteiger partial charge in [-0.2, -0.15) is 0 Å². The van der Waals surface area contributed by atoms with Crippen molar-refractivity contribution in [2.45, 2.75) is 39.5 Å². The van der Waals surface area contributed by atoms with Crippen molar-refractivity contribution in [3.8, 4) is 17.0 Å². The summed E-state index contributed by atoms with van der Waals surface area (Å²) in [5.41, 5.74) is 6.73. The Kier molecular flexibility index (Phi) is 8.11. The van der Waals surface area contributed by atoms with Crippen molar-refractivity contribution < 1.29 is 39.2 Å². The maximum Gasteiger partial charge on any atom is 0.155 e. The Balaban J connectivity index is 0.000000356. The predicted octanol–water partition coefficient (Wildman–Crippen LogP) is 7.52. The van der Waals surface area contributed by atoms with Crippen molar-refractivity contribution in [2.24, 2.45) is 0 Å². The summed E-state index contributed by atoms with van der Waals surface area (Å²) in [5, 5.41) is 13.0. The fourth-order valence-electron chi connectivity index (χ4n) is 4.87. The number of furan rings is 1. The zero-order valence-corrected chi connectivity index (χ0v) is 23.4. The molecule has 191 valence electrons. The van der Waals surface area contributed by atoms with Gasteiger partial charge in [0.15, 0.2) is 5.78 Å². The van der Waals surface area contributed by atoms with Crippen LogP contribution in [0, 0.1) is 6.07 Å². The first kappa shape index (κ1) is 26.6. The molecule has 1 aliphatic carbocycles. The van der Waals surface area contributed by atoms with E-state index >= 15 is 0 Å². The number of allylic oxidation sites excluding steroid dienone is 2. The van der Waals surface area contributed by atoms with Crippen molar-refractivity contribution in [1.29, 1.82) is 0 Å². The molecule has 0 atom stereocenters. The van der Waals surface area contributed by atoms with Crippen molar-refractivity contribution in [3.05, 3.63) is 83.8 Å². The quantitative estimate of drug-likeness (QED) is 0.122. The van der Waals surface area contributed by atoms with Gasteiger partial charge in [0, 0.05) is 48.9 Å². The van der Waals surface area contributed by atoms with Gasteiger partial charge in [-0.05, 0) is 97.5 Å². The number of carbonyl (C=O) groups excluding carboxylic acids is 1. The molecule has 1 N–H and O–H groups in total. The number of ether oxygens (including phenoxy) is 1. The molecule has 6 heteroatoms. The molecule has 0 unspecified atom stereocenters. The van der Waals surface area contributed by atoms with Gasteiger partial charge in [-0.1, -0.05) is 0 Å². The molecule has 5 aromatic rings. The van der Waals surface area contributed by atoms with Crippen LogP contribution in [0.25, 0.3) is 44.0 Å². The van der Waals surface area contributed by atoms with E-state index in [1.54, 1.807) is 7.11 Å². The minimum atomic E-state index is -0.125. The van der Waals surface area contributed by atoms with Gasteiger partial charge in [0.05, 0.1) is 12.9 Å². The van der Waals surface area contributed by atoms with E-state index in [0.717, 1.165) is 50.8 Å². The van der Waals surface area contributed by atoms with Crippen molar-refractivity contribution >= 4 is 38.5 Å². The number of benzene rings is 3. The van der Waals surface area contributed by atoms with Crippen LogP contribution in [0.15, 0.2) is 71.0 Å². The molecule has 37 heavy (non-hydrogen) atoms. The minimum absolute atomic E-state index is 0. The van der Waals surface area contributed by atoms with Gasteiger partial charge >= 0.3 is 0 Å². The fraction of sp³-hybridized carbons (Fsp3) is 0.226. The molecule has 0 saturated heterocycles. The average Bonchev–Trinajstić information content (AvgIpc) is 3.21. The molecular weight excluding hydrogens is 643 g/mol. The van der Waals surface area contributed by atoms with Crippen LogP contribution in [0.1, 0.15) is 37.8 Å². The first-order valence-electron chi connectivity index (χ1n) is 12.1. The number of methoxy groups -OCH3 is 1. The molecule has 0 aliphatic heterocycles. The number of aromatic nitrogens is 1. The van der Waals surface area contributed by atoms with E-state index in [-0.39, 0.29) is 31.6 Å². The average molecular weight is 671 g/mol. The number of pyridine rings is 1. The van der Waals surface area contributed by atoms with E-state index in [4.69, 9.17) is 14.3 Å². The molecule has 6 rings (SSSR count). The minimum Gasteiger partial charge on any atom is -0.540 e. The summed E-state index contributed by atoms with van der Waals surface area (Å²) in [6.07, 6.45) is 7.89. The number of hydrogen-bond donors (Lipinski definition) is 1. The first-order valence-corrected chi connectivity index (χ1v) is 12.1. The van der Waals surface area contributed by atoms with Crippen LogP contribution in [0.2, 0.25) is 0 Å². The Morgan fingerprint density at radius 3 is 2.32 bits per heavy atom. The van der Waals surface area contributed by atoms with Crippen molar-refractivity contribution in [3.63, 3.8) is 0 Å². The smallest absolute Gasteiger partial charge is 0.155 e. The number of aliphatic hydroxyl groups is 1. The van der Waals surface area contributed by atoms with Gasteiger partial charge in [0.1, 0.15) is 11.2 Å². The molecule has 3 aromatic carbocycles. The maximum atomic E-state index is 10.0. The number of nitrogens with zero attached hydrogens (tertiary/aromatic N) is 1. The summed E-state index contributed by atoms with van der Waals surface area (Å²) in [6.45, 7) is 2.85. The number of fused-ring (bicyclic) bond motifs is 5. The van der Waals surface area contributed by atoms with E-state index in [1.165, 1.54) is 55.7 Å². The van der Waals surface area contributed by atoms with Gasteiger partial charge < -0.3 is 19.2 Å². The second kappa shape index (κ2) is 11.3. The van der Waals surface area contributed by atoms with Crippen LogP contribution in [0.3, 0.4) is 0 Å². The molecule has 0 amide bonds. The van der Waals surface area contributed by atoms with Crippen molar-refractivity contribution in [1.82, 2.24) is 4.98 Å². The van der Waals surface area contributed by atoms with Gasteiger partial charge in [0.2, 0.25) is 0 Å². The van der Waals surface area contributed by atoms with E-state index in [9.17, 15) is 4.79 Å². The molecule has 2 heterocycles. The number of ketones is 1. The third-order valence-corrected chi connectivity index (χ3v) is 6.51. The maximum absolute atomic E-state index is 10.0.